The monoisotopic (exact) mass is 417 g/mol. The molecule has 0 N–H and O–H groups in total. The Morgan fingerprint density at radius 2 is 1.07 bits per heavy atom. The molecule has 0 saturated carbocycles. The van der Waals surface area contributed by atoms with Gasteiger partial charge in [0.25, 0.3) is 0 Å². The fraction of sp³-hybridized carbons (Fsp3) is 0.185. The first kappa shape index (κ1) is 21.6. The summed E-state index contributed by atoms with van der Waals surface area (Å²) < 4.78 is 0. The average Bonchev–Trinajstić information content (AvgIpc) is 2.76. The molecule has 147 valence electrons. The maximum atomic E-state index is 2.25. The van der Waals surface area contributed by atoms with Gasteiger partial charge < -0.3 is 0 Å². The van der Waals surface area contributed by atoms with E-state index in [0.29, 0.717) is 0 Å². The standard InChI is InChI=1S/C16H10.C11H16P.ClH/c1-3-11-7-9-13-5-2-6-14-10-8-12(4-1)15(11)16(13)14;1-2-3-9-12-10-11-7-5-4-6-8-11;/h1-10H;4-8H,2-3,9-10H2,1H3;1H. The molecule has 5 aromatic carbocycles. The molecule has 0 aliphatic rings. The minimum absolute atomic E-state index is 0. The van der Waals surface area contributed by atoms with Crippen LogP contribution in [0.1, 0.15) is 25.3 Å². The third-order valence-corrected chi connectivity index (χ3v) is 6.42. The van der Waals surface area contributed by atoms with Gasteiger partial charge in [0.2, 0.25) is 0 Å². The Labute approximate surface area is 181 Å². The van der Waals surface area contributed by atoms with Crippen LogP contribution in [0.2, 0.25) is 0 Å². The van der Waals surface area contributed by atoms with Gasteiger partial charge in [0, 0.05) is 0 Å². The van der Waals surface area contributed by atoms with Crippen molar-refractivity contribution >= 4 is 53.3 Å². The summed E-state index contributed by atoms with van der Waals surface area (Å²) in [5, 5.41) is 8.14. The van der Waals surface area contributed by atoms with Gasteiger partial charge in [-0.2, -0.15) is 0 Å². The third kappa shape index (κ3) is 5.08. The molecular weight excluding hydrogens is 391 g/mol. The second kappa shape index (κ2) is 10.6. The van der Waals surface area contributed by atoms with Crippen LogP contribution in [0.25, 0.3) is 32.3 Å². The first-order valence-corrected chi connectivity index (χ1v) is 11.4. The van der Waals surface area contributed by atoms with E-state index in [9.17, 15) is 0 Å². The van der Waals surface area contributed by atoms with Gasteiger partial charge in [0.1, 0.15) is 0 Å². The molecule has 0 unspecified atom stereocenters. The molecule has 0 fully saturated rings. The Balaban J connectivity index is 0.000000168. The summed E-state index contributed by atoms with van der Waals surface area (Å²) in [4.78, 5) is 0. The lowest BCUT2D eigenvalue weighted by atomic mass is 9.95. The summed E-state index contributed by atoms with van der Waals surface area (Å²) in [6, 6.07) is 32.6. The largest absolute Gasteiger partial charge is 0.147 e. The normalized spacial score (nSPS) is 11.1. The van der Waals surface area contributed by atoms with E-state index in [1.165, 1.54) is 63.0 Å². The molecule has 0 amide bonds. The zero-order valence-corrected chi connectivity index (χ0v) is 18.6. The Morgan fingerprint density at radius 1 is 0.586 bits per heavy atom. The minimum Gasteiger partial charge on any atom is -0.147 e. The van der Waals surface area contributed by atoms with Crippen LogP contribution in [0.15, 0.2) is 91.0 Å². The van der Waals surface area contributed by atoms with Gasteiger partial charge in [-0.05, 0) is 56.6 Å². The average molecular weight is 418 g/mol. The van der Waals surface area contributed by atoms with Crippen molar-refractivity contribution in [3.05, 3.63) is 96.6 Å². The van der Waals surface area contributed by atoms with Crippen LogP contribution in [0.3, 0.4) is 0 Å². The molecule has 5 aromatic rings. The Hall–Kier alpha value is -2.14. The summed E-state index contributed by atoms with van der Waals surface area (Å²) in [6.45, 7) is 2.25. The van der Waals surface area contributed by atoms with Gasteiger partial charge in [0.05, 0.1) is 0 Å². The molecule has 2 heteroatoms. The highest BCUT2D eigenvalue weighted by Crippen LogP contribution is 2.33. The molecular formula is C27H27ClP. The van der Waals surface area contributed by atoms with Crippen LogP contribution < -0.4 is 0 Å². The lowest BCUT2D eigenvalue weighted by molar-refractivity contribution is 0.893. The van der Waals surface area contributed by atoms with Gasteiger partial charge in [-0.3, -0.25) is 0 Å². The number of hydrogen-bond acceptors (Lipinski definition) is 0. The Kier molecular flexibility index (Phi) is 7.87. The maximum Gasteiger partial charge on any atom is -0.00268 e. The highest BCUT2D eigenvalue weighted by molar-refractivity contribution is 7.37. The third-order valence-electron chi connectivity index (χ3n) is 5.20. The maximum absolute atomic E-state index is 2.25. The van der Waals surface area contributed by atoms with Gasteiger partial charge in [-0.1, -0.05) is 113 Å². The van der Waals surface area contributed by atoms with E-state index in [-0.39, 0.29) is 12.4 Å². The predicted octanol–water partition coefficient (Wildman–Crippen LogP) is 8.94. The topological polar surface area (TPSA) is 0 Å². The highest BCUT2D eigenvalue weighted by Gasteiger charge is 2.05. The predicted molar refractivity (Wildman–Crippen MR) is 134 cm³/mol. The molecule has 0 aliphatic heterocycles. The lowest BCUT2D eigenvalue weighted by Crippen LogP contribution is -1.82. The fourth-order valence-electron chi connectivity index (χ4n) is 3.73. The second-order valence-corrected chi connectivity index (χ2v) is 8.44. The Bertz CT molecular complexity index is 1020. The number of hydrogen-bond donors (Lipinski definition) is 0. The summed E-state index contributed by atoms with van der Waals surface area (Å²) in [5.74, 6) is 0. The smallest absolute Gasteiger partial charge is 0.00268 e. The quantitative estimate of drug-likeness (QED) is 0.152. The molecule has 0 aromatic heterocycles. The number of rotatable bonds is 5. The molecule has 0 atom stereocenters. The Morgan fingerprint density at radius 3 is 1.52 bits per heavy atom. The molecule has 0 bridgehead atoms. The van der Waals surface area contributed by atoms with Crippen molar-refractivity contribution in [2.45, 2.75) is 25.9 Å². The van der Waals surface area contributed by atoms with Crippen LogP contribution >= 0.6 is 21.0 Å². The SMILES string of the molecule is CCCC[P]Cc1ccccc1.Cl.c1cc2ccc3cccc4ccc(c1)c2c34. The van der Waals surface area contributed by atoms with Crippen molar-refractivity contribution in [3.8, 4) is 0 Å². The van der Waals surface area contributed by atoms with Gasteiger partial charge in [-0.25, -0.2) is 0 Å². The van der Waals surface area contributed by atoms with Crippen LogP contribution in [0.5, 0.6) is 0 Å². The van der Waals surface area contributed by atoms with Crippen LogP contribution in [0, 0.1) is 0 Å². The van der Waals surface area contributed by atoms with Crippen molar-refractivity contribution in [2.75, 3.05) is 6.16 Å². The zero-order valence-electron chi connectivity index (χ0n) is 16.8. The first-order valence-electron chi connectivity index (χ1n) is 10.2. The van der Waals surface area contributed by atoms with Gasteiger partial charge in [0.15, 0.2) is 0 Å². The van der Waals surface area contributed by atoms with Crippen molar-refractivity contribution in [2.24, 2.45) is 0 Å². The number of halogens is 1. The van der Waals surface area contributed by atoms with Crippen LogP contribution in [0.4, 0.5) is 0 Å². The molecule has 0 spiro atoms. The first-order chi connectivity index (χ1) is 13.9. The van der Waals surface area contributed by atoms with E-state index < -0.39 is 0 Å². The second-order valence-electron chi connectivity index (χ2n) is 7.23. The van der Waals surface area contributed by atoms with Gasteiger partial charge in [-0.15, -0.1) is 12.4 Å². The molecule has 0 nitrogen and oxygen atoms in total. The van der Waals surface area contributed by atoms with Crippen molar-refractivity contribution in [3.63, 3.8) is 0 Å². The lowest BCUT2D eigenvalue weighted by Gasteiger charge is -2.09. The van der Waals surface area contributed by atoms with Crippen molar-refractivity contribution in [1.29, 1.82) is 0 Å². The van der Waals surface area contributed by atoms with E-state index in [4.69, 9.17) is 0 Å². The molecule has 0 aliphatic carbocycles. The molecule has 1 radical (unpaired) electrons. The summed E-state index contributed by atoms with van der Waals surface area (Å²) in [7, 11) is 1.57. The van der Waals surface area contributed by atoms with Crippen LogP contribution in [-0.2, 0) is 6.16 Å². The van der Waals surface area contributed by atoms with E-state index in [0.717, 1.165) is 0 Å². The van der Waals surface area contributed by atoms with Crippen molar-refractivity contribution in [1.82, 2.24) is 0 Å². The van der Waals surface area contributed by atoms with E-state index in [1.807, 2.05) is 0 Å². The highest BCUT2D eigenvalue weighted by atomic mass is 35.5. The molecule has 0 heterocycles. The summed E-state index contributed by atoms with van der Waals surface area (Å²) in [6.07, 6.45) is 5.27. The number of benzene rings is 5. The zero-order chi connectivity index (χ0) is 19.2. The molecule has 0 saturated heterocycles. The minimum atomic E-state index is 0. The summed E-state index contributed by atoms with van der Waals surface area (Å²) >= 11 is 0. The van der Waals surface area contributed by atoms with Crippen molar-refractivity contribution < 1.29 is 0 Å². The van der Waals surface area contributed by atoms with E-state index in [2.05, 4.69) is 97.9 Å². The number of unbranched alkanes of at least 4 members (excludes halogenated alkanes) is 1. The van der Waals surface area contributed by atoms with Crippen LogP contribution in [-0.4, -0.2) is 6.16 Å². The molecule has 5 rings (SSSR count). The molecule has 29 heavy (non-hydrogen) atoms. The van der Waals surface area contributed by atoms with E-state index in [1.54, 1.807) is 8.58 Å². The van der Waals surface area contributed by atoms with E-state index >= 15 is 0 Å². The summed E-state index contributed by atoms with van der Waals surface area (Å²) in [5.41, 5.74) is 1.47. The van der Waals surface area contributed by atoms with Gasteiger partial charge >= 0.3 is 0 Å². The fourth-order valence-corrected chi connectivity index (χ4v) is 4.90.